The number of alkyl halides is 2. The molecule has 1 heterocycles. The van der Waals surface area contributed by atoms with Gasteiger partial charge in [-0.3, -0.25) is 0 Å². The van der Waals surface area contributed by atoms with Gasteiger partial charge in [-0.2, -0.15) is 0 Å². The molecule has 0 atom stereocenters. The van der Waals surface area contributed by atoms with Crippen LogP contribution in [0.3, 0.4) is 0 Å². The summed E-state index contributed by atoms with van der Waals surface area (Å²) >= 11 is 7.52. The van der Waals surface area contributed by atoms with Crippen LogP contribution in [0, 0.1) is 3.57 Å². The summed E-state index contributed by atoms with van der Waals surface area (Å²) in [6.07, 6.45) is -2.66. The third-order valence-corrected chi connectivity index (χ3v) is 2.67. The van der Waals surface area contributed by atoms with E-state index in [9.17, 15) is 8.78 Å². The van der Waals surface area contributed by atoms with E-state index in [-0.39, 0.29) is 11.6 Å². The Kier molecular flexibility index (Phi) is 3.81. The predicted molar refractivity (Wildman–Crippen MR) is 54.8 cm³/mol. The number of nitrogens with two attached hydrogens (primary N) is 1. The van der Waals surface area contributed by atoms with Crippen LogP contribution in [0.1, 0.15) is 17.8 Å². The molecule has 0 spiro atoms. The summed E-state index contributed by atoms with van der Waals surface area (Å²) in [6.45, 7) is 0.134. The number of aromatic nitrogens is 1. The molecule has 0 aliphatic heterocycles. The van der Waals surface area contributed by atoms with E-state index in [1.54, 1.807) is 0 Å². The fourth-order valence-electron chi connectivity index (χ4n) is 0.817. The highest BCUT2D eigenvalue weighted by molar-refractivity contribution is 14.1. The van der Waals surface area contributed by atoms with Gasteiger partial charge in [-0.25, -0.2) is 13.8 Å². The van der Waals surface area contributed by atoms with Crippen LogP contribution in [-0.2, 0) is 6.54 Å². The molecule has 13 heavy (non-hydrogen) atoms. The van der Waals surface area contributed by atoms with Gasteiger partial charge in [0.25, 0.3) is 6.43 Å². The van der Waals surface area contributed by atoms with Crippen LogP contribution in [0.2, 0.25) is 5.02 Å². The minimum absolute atomic E-state index is 0.0170. The lowest BCUT2D eigenvalue weighted by atomic mass is 10.3. The first-order chi connectivity index (χ1) is 6.06. The average molecular weight is 318 g/mol. The van der Waals surface area contributed by atoms with Crippen LogP contribution < -0.4 is 5.73 Å². The van der Waals surface area contributed by atoms with Gasteiger partial charge in [0.15, 0.2) is 0 Å². The third kappa shape index (κ3) is 2.47. The van der Waals surface area contributed by atoms with Crippen LogP contribution in [0.5, 0.6) is 0 Å². The first-order valence-corrected chi connectivity index (χ1v) is 4.85. The van der Waals surface area contributed by atoms with Gasteiger partial charge in [-0.1, -0.05) is 11.6 Å². The standard InChI is InChI=1S/C7H6ClF2IN2/c8-3-1-4(11)5(2-12)13-6(3)7(9)10/h1,7H,2,12H2. The van der Waals surface area contributed by atoms with Crippen molar-refractivity contribution in [2.75, 3.05) is 0 Å². The second-order valence-corrected chi connectivity index (χ2v) is 3.86. The Morgan fingerprint density at radius 2 is 2.23 bits per heavy atom. The predicted octanol–water partition coefficient (Wildman–Crippen LogP) is 2.74. The number of hydrogen-bond donors (Lipinski definition) is 1. The largest absolute Gasteiger partial charge is 0.325 e. The summed E-state index contributed by atoms with van der Waals surface area (Å²) in [7, 11) is 0. The summed E-state index contributed by atoms with van der Waals surface area (Å²) in [5.74, 6) is 0. The van der Waals surface area contributed by atoms with E-state index < -0.39 is 12.1 Å². The van der Waals surface area contributed by atoms with Crippen LogP contribution in [0.4, 0.5) is 8.78 Å². The SMILES string of the molecule is NCc1nc(C(F)F)c(Cl)cc1I. The molecule has 0 unspecified atom stereocenters. The van der Waals surface area contributed by atoms with Gasteiger partial charge in [0, 0.05) is 10.1 Å². The quantitative estimate of drug-likeness (QED) is 0.852. The van der Waals surface area contributed by atoms with Crippen LogP contribution >= 0.6 is 34.2 Å². The summed E-state index contributed by atoms with van der Waals surface area (Å²) in [6, 6.07) is 1.44. The number of pyridine rings is 1. The van der Waals surface area contributed by atoms with Crippen molar-refractivity contribution in [3.63, 3.8) is 0 Å². The maximum Gasteiger partial charge on any atom is 0.281 e. The van der Waals surface area contributed by atoms with Crippen molar-refractivity contribution >= 4 is 34.2 Å². The second-order valence-electron chi connectivity index (χ2n) is 2.29. The molecule has 0 saturated carbocycles. The third-order valence-electron chi connectivity index (χ3n) is 1.43. The summed E-state index contributed by atoms with van der Waals surface area (Å²) in [5, 5.41) is -0.0170. The van der Waals surface area contributed by atoms with Crippen LogP contribution in [0.15, 0.2) is 6.07 Å². The Balaban J connectivity index is 3.22. The average Bonchev–Trinajstić information content (AvgIpc) is 2.03. The van der Waals surface area contributed by atoms with Crippen molar-refractivity contribution < 1.29 is 8.78 Å². The van der Waals surface area contributed by atoms with Crippen molar-refractivity contribution in [1.82, 2.24) is 4.98 Å². The highest BCUT2D eigenvalue weighted by atomic mass is 127. The van der Waals surface area contributed by atoms with E-state index in [1.165, 1.54) is 6.07 Å². The summed E-state index contributed by atoms with van der Waals surface area (Å²) in [4.78, 5) is 3.68. The lowest BCUT2D eigenvalue weighted by molar-refractivity contribution is 0.146. The number of nitrogens with zero attached hydrogens (tertiary/aromatic N) is 1. The van der Waals surface area contributed by atoms with Gasteiger partial charge < -0.3 is 5.73 Å². The first-order valence-electron chi connectivity index (χ1n) is 3.39. The highest BCUT2D eigenvalue weighted by Crippen LogP contribution is 2.27. The van der Waals surface area contributed by atoms with Gasteiger partial charge in [-0.15, -0.1) is 0 Å². The Bertz CT molecular complexity index is 320. The molecular weight excluding hydrogens is 312 g/mol. The van der Waals surface area contributed by atoms with E-state index in [0.717, 1.165) is 0 Å². The number of halogens is 4. The van der Waals surface area contributed by atoms with Gasteiger partial charge >= 0.3 is 0 Å². The van der Waals surface area contributed by atoms with Crippen LogP contribution in [-0.4, -0.2) is 4.98 Å². The van der Waals surface area contributed by atoms with Gasteiger partial charge in [0.2, 0.25) is 0 Å². The molecule has 6 heteroatoms. The minimum atomic E-state index is -2.66. The summed E-state index contributed by atoms with van der Waals surface area (Å²) in [5.41, 5.74) is 5.36. The van der Waals surface area contributed by atoms with E-state index in [4.69, 9.17) is 17.3 Å². The van der Waals surface area contributed by atoms with E-state index in [2.05, 4.69) is 4.98 Å². The van der Waals surface area contributed by atoms with Crippen molar-refractivity contribution in [3.05, 3.63) is 26.0 Å². The molecule has 1 aromatic heterocycles. The maximum atomic E-state index is 12.3. The number of hydrogen-bond acceptors (Lipinski definition) is 2. The fourth-order valence-corrected chi connectivity index (χ4v) is 1.89. The lowest BCUT2D eigenvalue weighted by Crippen LogP contribution is -2.05. The molecule has 0 fully saturated rings. The number of rotatable bonds is 2. The monoisotopic (exact) mass is 318 g/mol. The molecule has 0 radical (unpaired) electrons. The molecule has 2 nitrogen and oxygen atoms in total. The van der Waals surface area contributed by atoms with E-state index >= 15 is 0 Å². The van der Waals surface area contributed by atoms with E-state index in [1.807, 2.05) is 22.6 Å². The Labute approximate surface area is 92.6 Å². The summed E-state index contributed by atoms with van der Waals surface area (Å²) < 4.78 is 25.3. The van der Waals surface area contributed by atoms with Gasteiger partial charge in [0.1, 0.15) is 5.69 Å². The Morgan fingerprint density at radius 1 is 1.62 bits per heavy atom. The zero-order valence-corrected chi connectivity index (χ0v) is 9.31. The fraction of sp³-hybridized carbons (Fsp3) is 0.286. The second kappa shape index (κ2) is 4.47. The van der Waals surface area contributed by atoms with Gasteiger partial charge in [0.05, 0.1) is 10.7 Å². The first kappa shape index (κ1) is 11.1. The van der Waals surface area contributed by atoms with Crippen molar-refractivity contribution in [2.24, 2.45) is 5.73 Å². The molecule has 0 saturated heterocycles. The molecule has 0 aliphatic rings. The molecule has 0 amide bonds. The molecule has 0 aliphatic carbocycles. The van der Waals surface area contributed by atoms with Crippen LogP contribution in [0.25, 0.3) is 0 Å². The van der Waals surface area contributed by atoms with E-state index in [0.29, 0.717) is 9.26 Å². The zero-order chi connectivity index (χ0) is 10.0. The van der Waals surface area contributed by atoms with Gasteiger partial charge in [-0.05, 0) is 28.7 Å². The molecular formula is C7H6ClF2IN2. The van der Waals surface area contributed by atoms with Crippen molar-refractivity contribution in [3.8, 4) is 0 Å². The Hall–Kier alpha value is -0.0100. The molecule has 0 bridgehead atoms. The smallest absolute Gasteiger partial charge is 0.281 e. The normalized spacial score (nSPS) is 10.9. The molecule has 1 rings (SSSR count). The minimum Gasteiger partial charge on any atom is -0.325 e. The lowest BCUT2D eigenvalue weighted by Gasteiger charge is -2.06. The molecule has 2 N–H and O–H groups in total. The molecule has 0 aromatic carbocycles. The molecule has 72 valence electrons. The van der Waals surface area contributed by atoms with Crippen molar-refractivity contribution in [1.29, 1.82) is 0 Å². The zero-order valence-electron chi connectivity index (χ0n) is 6.40. The van der Waals surface area contributed by atoms with Crippen molar-refractivity contribution in [2.45, 2.75) is 13.0 Å². The maximum absolute atomic E-state index is 12.3. The highest BCUT2D eigenvalue weighted by Gasteiger charge is 2.16. The topological polar surface area (TPSA) is 38.9 Å². The molecule has 1 aromatic rings. The Morgan fingerprint density at radius 3 is 2.69 bits per heavy atom.